The molecule has 0 radical (unpaired) electrons. The van der Waals surface area contributed by atoms with Crippen LogP contribution in [-0.2, 0) is 5.41 Å². The van der Waals surface area contributed by atoms with Crippen molar-refractivity contribution in [2.45, 2.75) is 19.3 Å². The summed E-state index contributed by atoms with van der Waals surface area (Å²) in [6.45, 7) is 4.65. The zero-order chi connectivity index (χ0) is 42.4. The molecule has 0 amide bonds. The molecular formula is C57H36N4O2. The van der Waals surface area contributed by atoms with E-state index in [1.165, 1.54) is 27.6 Å². The first-order chi connectivity index (χ1) is 30.9. The Morgan fingerprint density at radius 1 is 0.429 bits per heavy atom. The quantitative estimate of drug-likeness (QED) is 0.166. The fourth-order valence-electron chi connectivity index (χ4n) is 9.95. The van der Waals surface area contributed by atoms with Crippen molar-refractivity contribution in [1.29, 1.82) is 10.5 Å². The molecule has 2 aromatic heterocycles. The molecule has 6 nitrogen and oxygen atoms in total. The van der Waals surface area contributed by atoms with Gasteiger partial charge in [-0.1, -0.05) is 98.8 Å². The molecule has 12 rings (SSSR count). The van der Waals surface area contributed by atoms with E-state index < -0.39 is 0 Å². The summed E-state index contributed by atoms with van der Waals surface area (Å²) in [5.74, 6) is 0. The molecule has 9 aromatic carbocycles. The Balaban J connectivity index is 0.997. The Hall–Kier alpha value is -8.58. The van der Waals surface area contributed by atoms with Crippen LogP contribution < -0.4 is 9.80 Å². The lowest BCUT2D eigenvalue weighted by Gasteiger charge is -2.29. The van der Waals surface area contributed by atoms with E-state index >= 15 is 0 Å². The molecule has 0 saturated heterocycles. The van der Waals surface area contributed by atoms with Crippen molar-refractivity contribution in [3.05, 3.63) is 204 Å². The van der Waals surface area contributed by atoms with Gasteiger partial charge >= 0.3 is 0 Å². The first-order valence-corrected chi connectivity index (χ1v) is 21.0. The normalized spacial score (nSPS) is 12.7. The molecule has 296 valence electrons. The Morgan fingerprint density at radius 2 is 0.905 bits per heavy atom. The first-order valence-electron chi connectivity index (χ1n) is 21.0. The summed E-state index contributed by atoms with van der Waals surface area (Å²) < 4.78 is 13.2. The van der Waals surface area contributed by atoms with Crippen molar-refractivity contribution in [1.82, 2.24) is 0 Å². The van der Waals surface area contributed by atoms with Crippen LogP contribution in [0.3, 0.4) is 0 Å². The molecule has 0 spiro atoms. The lowest BCUT2D eigenvalue weighted by Crippen LogP contribution is -2.17. The van der Waals surface area contributed by atoms with Crippen LogP contribution in [0.5, 0.6) is 0 Å². The SMILES string of the molecule is CC1(C)c2cc(N(c3ccc(C#N)cc3)c3cccc4c3oc3ccccc34)ccc2-c2ccc3cc(N(c4ccc(C#N)cc4)c4cccc5c4oc4ccccc45)ccc3c21. The molecule has 63 heavy (non-hydrogen) atoms. The van der Waals surface area contributed by atoms with Gasteiger partial charge in [-0.05, 0) is 130 Å². The molecule has 0 aliphatic heterocycles. The van der Waals surface area contributed by atoms with Crippen LogP contribution in [0, 0.1) is 22.7 Å². The number of anilines is 6. The van der Waals surface area contributed by atoms with E-state index in [1.54, 1.807) is 0 Å². The minimum atomic E-state index is -0.351. The second kappa shape index (κ2) is 13.7. The highest BCUT2D eigenvalue weighted by Crippen LogP contribution is 2.54. The molecule has 11 aromatic rings. The van der Waals surface area contributed by atoms with E-state index in [2.05, 4.69) is 133 Å². The van der Waals surface area contributed by atoms with Crippen molar-refractivity contribution >= 4 is 88.8 Å². The smallest absolute Gasteiger partial charge is 0.159 e. The average Bonchev–Trinajstić information content (AvgIpc) is 3.98. The van der Waals surface area contributed by atoms with Crippen LogP contribution in [0.4, 0.5) is 34.1 Å². The summed E-state index contributed by atoms with van der Waals surface area (Å²) in [6.07, 6.45) is 0. The highest BCUT2D eigenvalue weighted by molar-refractivity contribution is 6.12. The van der Waals surface area contributed by atoms with Crippen LogP contribution in [0.2, 0.25) is 0 Å². The predicted octanol–water partition coefficient (Wildman–Crippen LogP) is 15.6. The number of para-hydroxylation sites is 4. The number of nitrogens with zero attached hydrogens (tertiary/aromatic N) is 4. The monoisotopic (exact) mass is 808 g/mol. The fraction of sp³-hybridized carbons (Fsp3) is 0.0526. The van der Waals surface area contributed by atoms with Gasteiger partial charge in [-0.25, -0.2) is 0 Å². The molecule has 1 aliphatic carbocycles. The van der Waals surface area contributed by atoms with Gasteiger partial charge in [-0.2, -0.15) is 10.5 Å². The summed E-state index contributed by atoms with van der Waals surface area (Å²) in [6, 6.07) is 67.0. The maximum absolute atomic E-state index is 9.68. The number of furan rings is 2. The minimum absolute atomic E-state index is 0.351. The van der Waals surface area contributed by atoms with E-state index in [-0.39, 0.29) is 5.41 Å². The number of rotatable bonds is 6. The third-order valence-electron chi connectivity index (χ3n) is 12.9. The molecule has 0 fully saturated rings. The van der Waals surface area contributed by atoms with Crippen LogP contribution >= 0.6 is 0 Å². The number of fused-ring (bicyclic) bond motifs is 11. The van der Waals surface area contributed by atoms with Crippen LogP contribution in [0.25, 0.3) is 65.8 Å². The van der Waals surface area contributed by atoms with Gasteiger partial charge in [0.2, 0.25) is 0 Å². The van der Waals surface area contributed by atoms with Crippen LogP contribution in [-0.4, -0.2) is 0 Å². The Kier molecular flexibility index (Phi) is 7.90. The summed E-state index contributed by atoms with van der Waals surface area (Å²) >= 11 is 0. The van der Waals surface area contributed by atoms with Crippen LogP contribution in [0.15, 0.2) is 191 Å². The molecule has 0 unspecified atom stereocenters. The van der Waals surface area contributed by atoms with E-state index in [0.29, 0.717) is 11.1 Å². The third-order valence-corrected chi connectivity index (χ3v) is 12.9. The van der Waals surface area contributed by atoms with Gasteiger partial charge in [0.15, 0.2) is 11.2 Å². The number of benzene rings is 9. The van der Waals surface area contributed by atoms with Gasteiger partial charge in [0.1, 0.15) is 11.2 Å². The van der Waals surface area contributed by atoms with Crippen LogP contribution in [0.1, 0.15) is 36.1 Å². The minimum Gasteiger partial charge on any atom is -0.454 e. The standard InChI is InChI=1S/C57H36N4O2/c1-57(2)49-32-41(61(39-24-19-36(34-59)20-25-39)51-14-8-12-48-45-10-4-6-16-53(45)63-56(48)51)27-30-43(49)46-28-21-37-31-40(26-29-42(37)54(46)57)60(38-22-17-35(33-58)18-23-38)50-13-7-11-47-44-9-3-5-15-52(44)62-55(47)50/h3-32H,1-2H3. The summed E-state index contributed by atoms with van der Waals surface area (Å²) in [5.41, 5.74) is 14.8. The highest BCUT2D eigenvalue weighted by atomic mass is 16.3. The Bertz CT molecular complexity index is 3750. The van der Waals surface area contributed by atoms with Crippen molar-refractivity contribution in [3.8, 4) is 23.3 Å². The van der Waals surface area contributed by atoms with Gasteiger partial charge in [0, 0.05) is 49.7 Å². The maximum Gasteiger partial charge on any atom is 0.159 e. The van der Waals surface area contributed by atoms with Crippen molar-refractivity contribution in [2.24, 2.45) is 0 Å². The van der Waals surface area contributed by atoms with E-state index in [0.717, 1.165) is 83.4 Å². The third kappa shape index (κ3) is 5.49. The Labute approximate surface area is 363 Å². The van der Waals surface area contributed by atoms with E-state index in [9.17, 15) is 10.5 Å². The molecule has 0 N–H and O–H groups in total. The number of nitriles is 2. The molecular weight excluding hydrogens is 773 g/mol. The fourth-order valence-corrected chi connectivity index (χ4v) is 9.95. The molecule has 1 aliphatic rings. The lowest BCUT2D eigenvalue weighted by atomic mass is 9.80. The van der Waals surface area contributed by atoms with E-state index in [4.69, 9.17) is 8.83 Å². The first kappa shape index (κ1) is 36.3. The van der Waals surface area contributed by atoms with Gasteiger partial charge in [0.25, 0.3) is 0 Å². The topological polar surface area (TPSA) is 80.3 Å². The van der Waals surface area contributed by atoms with Crippen molar-refractivity contribution < 1.29 is 8.83 Å². The molecule has 0 bridgehead atoms. The largest absolute Gasteiger partial charge is 0.454 e. The lowest BCUT2D eigenvalue weighted by molar-refractivity contribution is 0.666. The number of hydrogen-bond acceptors (Lipinski definition) is 6. The summed E-state index contributed by atoms with van der Waals surface area (Å²) in [5, 5.41) is 25.9. The molecule has 6 heteroatoms. The summed E-state index contributed by atoms with van der Waals surface area (Å²) in [7, 11) is 0. The molecule has 2 heterocycles. The second-order valence-electron chi connectivity index (χ2n) is 16.7. The van der Waals surface area contributed by atoms with E-state index in [1.807, 2.05) is 84.9 Å². The summed E-state index contributed by atoms with van der Waals surface area (Å²) in [4.78, 5) is 4.47. The van der Waals surface area contributed by atoms with Gasteiger partial charge in [-0.3, -0.25) is 0 Å². The van der Waals surface area contributed by atoms with Gasteiger partial charge in [0.05, 0.1) is 34.6 Å². The zero-order valence-electron chi connectivity index (χ0n) is 34.4. The van der Waals surface area contributed by atoms with Gasteiger partial charge < -0.3 is 18.6 Å². The average molecular weight is 809 g/mol. The van der Waals surface area contributed by atoms with Crippen molar-refractivity contribution in [3.63, 3.8) is 0 Å². The number of hydrogen-bond donors (Lipinski definition) is 0. The molecule has 0 atom stereocenters. The second-order valence-corrected chi connectivity index (χ2v) is 16.7. The Morgan fingerprint density at radius 3 is 1.46 bits per heavy atom. The highest BCUT2D eigenvalue weighted by Gasteiger charge is 2.38. The zero-order valence-corrected chi connectivity index (χ0v) is 34.4. The maximum atomic E-state index is 9.68. The van der Waals surface area contributed by atoms with Gasteiger partial charge in [-0.15, -0.1) is 0 Å². The van der Waals surface area contributed by atoms with Crippen molar-refractivity contribution in [2.75, 3.05) is 9.80 Å². The predicted molar refractivity (Wildman–Crippen MR) is 255 cm³/mol. The molecule has 0 saturated carbocycles.